The zero-order valence-corrected chi connectivity index (χ0v) is 18.2. The Balaban J connectivity index is 1.73. The van der Waals surface area contributed by atoms with E-state index in [-0.39, 0.29) is 5.02 Å². The number of methoxy groups -OCH3 is 1. The van der Waals surface area contributed by atoms with E-state index < -0.39 is 5.82 Å². The highest BCUT2D eigenvalue weighted by atomic mass is 35.5. The van der Waals surface area contributed by atoms with E-state index >= 15 is 0 Å². The second-order valence-electron chi connectivity index (χ2n) is 6.74. The van der Waals surface area contributed by atoms with Gasteiger partial charge in [-0.1, -0.05) is 25.4 Å². The topological polar surface area (TPSA) is 59.5 Å². The number of anilines is 2. The molecule has 0 unspecified atom stereocenters. The monoisotopic (exact) mass is 432 g/mol. The Morgan fingerprint density at radius 1 is 1.13 bits per heavy atom. The van der Waals surface area contributed by atoms with Crippen molar-refractivity contribution in [1.29, 1.82) is 0 Å². The summed E-state index contributed by atoms with van der Waals surface area (Å²) in [5.41, 5.74) is 1.30. The number of benzene rings is 2. The van der Waals surface area contributed by atoms with E-state index in [2.05, 4.69) is 34.0 Å². The molecular formula is C22H26ClFN4O2. The molecule has 0 bridgehead atoms. The number of ether oxygens (including phenoxy) is 2. The molecule has 0 aliphatic carbocycles. The van der Waals surface area contributed by atoms with Crippen molar-refractivity contribution in [2.75, 3.05) is 38.7 Å². The quantitative estimate of drug-likeness (QED) is 0.439. The van der Waals surface area contributed by atoms with Gasteiger partial charge in [0.25, 0.3) is 0 Å². The SMILES string of the molecule is CCN(CC)CCCOc1cc2cnc(Nc3ccc(F)c(Cl)c3)nc2cc1OC. The summed E-state index contributed by atoms with van der Waals surface area (Å²) in [6.45, 7) is 7.98. The molecule has 8 heteroatoms. The minimum Gasteiger partial charge on any atom is -0.493 e. The zero-order valence-electron chi connectivity index (χ0n) is 17.4. The second-order valence-corrected chi connectivity index (χ2v) is 7.15. The third-order valence-corrected chi connectivity index (χ3v) is 5.10. The molecule has 0 saturated heterocycles. The lowest BCUT2D eigenvalue weighted by Gasteiger charge is -2.18. The largest absolute Gasteiger partial charge is 0.493 e. The van der Waals surface area contributed by atoms with Crippen molar-refractivity contribution < 1.29 is 13.9 Å². The minimum atomic E-state index is -0.476. The van der Waals surface area contributed by atoms with Crippen molar-refractivity contribution in [2.24, 2.45) is 0 Å². The summed E-state index contributed by atoms with van der Waals surface area (Å²) in [5, 5.41) is 3.89. The van der Waals surface area contributed by atoms with Crippen LogP contribution in [-0.2, 0) is 0 Å². The van der Waals surface area contributed by atoms with Crippen molar-refractivity contribution in [3.63, 3.8) is 0 Å². The van der Waals surface area contributed by atoms with Crippen molar-refractivity contribution in [2.45, 2.75) is 20.3 Å². The van der Waals surface area contributed by atoms with Gasteiger partial charge in [0.1, 0.15) is 5.82 Å². The van der Waals surface area contributed by atoms with Gasteiger partial charge < -0.3 is 19.7 Å². The number of nitrogens with one attached hydrogen (secondary N) is 1. The molecule has 0 aliphatic rings. The van der Waals surface area contributed by atoms with Gasteiger partial charge in [0.15, 0.2) is 11.5 Å². The van der Waals surface area contributed by atoms with E-state index in [0.29, 0.717) is 35.3 Å². The summed E-state index contributed by atoms with van der Waals surface area (Å²) < 4.78 is 24.8. The third-order valence-electron chi connectivity index (χ3n) is 4.81. The highest BCUT2D eigenvalue weighted by molar-refractivity contribution is 6.31. The van der Waals surface area contributed by atoms with Gasteiger partial charge in [0.05, 0.1) is 24.3 Å². The van der Waals surface area contributed by atoms with Crippen LogP contribution in [0.3, 0.4) is 0 Å². The molecule has 1 N–H and O–H groups in total. The van der Waals surface area contributed by atoms with Gasteiger partial charge in [-0.25, -0.2) is 14.4 Å². The molecule has 0 amide bonds. The predicted molar refractivity (Wildman–Crippen MR) is 119 cm³/mol. The lowest BCUT2D eigenvalue weighted by molar-refractivity contribution is 0.243. The summed E-state index contributed by atoms with van der Waals surface area (Å²) in [6.07, 6.45) is 2.64. The Kier molecular flexibility index (Phi) is 7.65. The van der Waals surface area contributed by atoms with Crippen LogP contribution in [0.15, 0.2) is 36.5 Å². The second kappa shape index (κ2) is 10.4. The van der Waals surface area contributed by atoms with Crippen molar-refractivity contribution >= 4 is 34.1 Å². The van der Waals surface area contributed by atoms with Crippen LogP contribution in [0.4, 0.5) is 16.0 Å². The lowest BCUT2D eigenvalue weighted by Crippen LogP contribution is -2.25. The van der Waals surface area contributed by atoms with E-state index in [1.165, 1.54) is 12.1 Å². The maximum absolute atomic E-state index is 13.3. The summed E-state index contributed by atoms with van der Waals surface area (Å²) in [6, 6.07) is 8.05. The molecule has 0 aliphatic heterocycles. The molecule has 0 fully saturated rings. The number of nitrogens with zero attached hydrogens (tertiary/aromatic N) is 3. The Morgan fingerprint density at radius 2 is 1.93 bits per heavy atom. The lowest BCUT2D eigenvalue weighted by atomic mass is 10.2. The van der Waals surface area contributed by atoms with Gasteiger partial charge in [-0.05, 0) is 43.8 Å². The molecule has 3 rings (SSSR count). The van der Waals surface area contributed by atoms with Gasteiger partial charge in [0.2, 0.25) is 5.95 Å². The first kappa shape index (κ1) is 22.1. The van der Waals surface area contributed by atoms with Gasteiger partial charge in [-0.2, -0.15) is 0 Å². The molecule has 1 aromatic heterocycles. The van der Waals surface area contributed by atoms with Crippen LogP contribution in [0.2, 0.25) is 5.02 Å². The van der Waals surface area contributed by atoms with Gasteiger partial charge in [-0.15, -0.1) is 0 Å². The van der Waals surface area contributed by atoms with E-state index in [1.54, 1.807) is 19.4 Å². The standard InChI is InChI=1S/C22H26ClFN4O2/c1-4-28(5-2)9-6-10-30-21-11-15-14-25-22(27-19(15)13-20(21)29-3)26-16-7-8-18(24)17(23)12-16/h7-8,11-14H,4-6,9-10H2,1-3H3,(H,25,26,27). The van der Waals surface area contributed by atoms with Crippen LogP contribution in [0.25, 0.3) is 10.9 Å². The first-order valence-electron chi connectivity index (χ1n) is 9.96. The number of aromatic nitrogens is 2. The molecule has 3 aromatic rings. The molecule has 0 radical (unpaired) electrons. The van der Waals surface area contributed by atoms with Crippen molar-refractivity contribution in [1.82, 2.24) is 14.9 Å². The zero-order chi connectivity index (χ0) is 21.5. The van der Waals surface area contributed by atoms with Crippen LogP contribution < -0.4 is 14.8 Å². The normalized spacial score (nSPS) is 11.1. The molecule has 0 saturated carbocycles. The van der Waals surface area contributed by atoms with Crippen LogP contribution >= 0.6 is 11.6 Å². The number of hydrogen-bond donors (Lipinski definition) is 1. The Labute approximate surface area is 181 Å². The van der Waals surface area contributed by atoms with Crippen molar-refractivity contribution in [3.8, 4) is 11.5 Å². The number of rotatable bonds is 10. The van der Waals surface area contributed by atoms with E-state index in [1.807, 2.05) is 12.1 Å². The Morgan fingerprint density at radius 3 is 2.63 bits per heavy atom. The summed E-state index contributed by atoms with van der Waals surface area (Å²) in [4.78, 5) is 11.2. The van der Waals surface area contributed by atoms with Gasteiger partial charge in [0, 0.05) is 29.9 Å². The summed E-state index contributed by atoms with van der Waals surface area (Å²) in [5.74, 6) is 1.18. The Hall–Kier alpha value is -2.64. The summed E-state index contributed by atoms with van der Waals surface area (Å²) >= 11 is 5.83. The highest BCUT2D eigenvalue weighted by Gasteiger charge is 2.10. The fourth-order valence-corrected chi connectivity index (χ4v) is 3.26. The molecular weight excluding hydrogens is 407 g/mol. The van der Waals surface area contributed by atoms with Crippen LogP contribution in [0.1, 0.15) is 20.3 Å². The third kappa shape index (κ3) is 5.49. The van der Waals surface area contributed by atoms with E-state index in [4.69, 9.17) is 21.1 Å². The first-order chi connectivity index (χ1) is 14.5. The average molecular weight is 433 g/mol. The predicted octanol–water partition coefficient (Wildman–Crippen LogP) is 5.29. The van der Waals surface area contributed by atoms with Crippen molar-refractivity contribution in [3.05, 3.63) is 47.4 Å². The van der Waals surface area contributed by atoms with Crippen LogP contribution in [0, 0.1) is 5.82 Å². The van der Waals surface area contributed by atoms with Gasteiger partial charge >= 0.3 is 0 Å². The fourth-order valence-electron chi connectivity index (χ4n) is 3.08. The highest BCUT2D eigenvalue weighted by Crippen LogP contribution is 2.32. The van der Waals surface area contributed by atoms with Crippen LogP contribution in [-0.4, -0.2) is 48.2 Å². The molecule has 2 aromatic carbocycles. The number of halogens is 2. The minimum absolute atomic E-state index is 0.0326. The fraction of sp³-hybridized carbons (Fsp3) is 0.364. The smallest absolute Gasteiger partial charge is 0.227 e. The maximum Gasteiger partial charge on any atom is 0.227 e. The molecule has 30 heavy (non-hydrogen) atoms. The maximum atomic E-state index is 13.3. The molecule has 0 atom stereocenters. The molecule has 0 spiro atoms. The number of hydrogen-bond acceptors (Lipinski definition) is 6. The van der Waals surface area contributed by atoms with E-state index in [9.17, 15) is 4.39 Å². The first-order valence-corrected chi connectivity index (χ1v) is 10.3. The molecule has 6 nitrogen and oxygen atoms in total. The molecule has 160 valence electrons. The average Bonchev–Trinajstić information content (AvgIpc) is 2.76. The number of fused-ring (bicyclic) bond motifs is 1. The summed E-state index contributed by atoms with van der Waals surface area (Å²) in [7, 11) is 1.60. The van der Waals surface area contributed by atoms with E-state index in [0.717, 1.165) is 31.4 Å². The van der Waals surface area contributed by atoms with Crippen LogP contribution in [0.5, 0.6) is 11.5 Å². The Bertz CT molecular complexity index is 998. The molecule has 1 heterocycles. The van der Waals surface area contributed by atoms with Gasteiger partial charge in [-0.3, -0.25) is 0 Å².